The lowest BCUT2D eigenvalue weighted by Gasteiger charge is -2.37. The van der Waals surface area contributed by atoms with Gasteiger partial charge in [0.25, 0.3) is 0 Å². The molecule has 0 aromatic heterocycles. The second kappa shape index (κ2) is 8.20. The van der Waals surface area contributed by atoms with Crippen molar-refractivity contribution in [3.63, 3.8) is 0 Å². The maximum Gasteiger partial charge on any atom is 0.226 e. The Bertz CT molecular complexity index is 301. The smallest absolute Gasteiger partial charge is 0.226 e. The molecule has 0 bridgehead atoms. The van der Waals surface area contributed by atoms with E-state index >= 15 is 0 Å². The zero-order valence-electron chi connectivity index (χ0n) is 13.1. The first-order valence-electron chi connectivity index (χ1n) is 7.75. The number of nitrogens with zero attached hydrogens (tertiary/aromatic N) is 2. The lowest BCUT2D eigenvalue weighted by molar-refractivity contribution is -0.139. The molecule has 1 heterocycles. The summed E-state index contributed by atoms with van der Waals surface area (Å²) in [7, 11) is 4.16. The number of hydrogen-bond donors (Lipinski definition) is 1. The fraction of sp³-hybridized carbons (Fsp3) is 0.933. The van der Waals surface area contributed by atoms with Gasteiger partial charge in [0, 0.05) is 25.0 Å². The number of halogens is 1. The molecule has 0 aromatic carbocycles. The summed E-state index contributed by atoms with van der Waals surface area (Å²) in [5, 5.41) is 3.28. The molecular weight excluding hydrogens is 274 g/mol. The molecule has 20 heavy (non-hydrogen) atoms. The molecule has 1 aliphatic heterocycles. The predicted octanol–water partition coefficient (Wildman–Crippen LogP) is 1.60. The second-order valence-electron chi connectivity index (χ2n) is 6.48. The Hall–Kier alpha value is -0.320. The van der Waals surface area contributed by atoms with Gasteiger partial charge in [-0.1, -0.05) is 19.8 Å². The molecule has 2 fully saturated rings. The summed E-state index contributed by atoms with van der Waals surface area (Å²) in [5.74, 6) is 1.13. The van der Waals surface area contributed by atoms with Crippen molar-refractivity contribution in [3.8, 4) is 0 Å². The largest absolute Gasteiger partial charge is 0.338 e. The molecule has 1 atom stereocenters. The van der Waals surface area contributed by atoms with Crippen molar-refractivity contribution in [2.75, 3.05) is 40.3 Å². The third kappa shape index (κ3) is 4.34. The summed E-state index contributed by atoms with van der Waals surface area (Å²) >= 11 is 0. The summed E-state index contributed by atoms with van der Waals surface area (Å²) in [6, 6.07) is 0.503. The van der Waals surface area contributed by atoms with E-state index in [1.165, 1.54) is 25.7 Å². The van der Waals surface area contributed by atoms with Gasteiger partial charge in [-0.2, -0.15) is 0 Å². The molecule has 0 radical (unpaired) electrons. The van der Waals surface area contributed by atoms with E-state index in [9.17, 15) is 4.79 Å². The van der Waals surface area contributed by atoms with Crippen LogP contribution in [0.3, 0.4) is 0 Å². The van der Waals surface area contributed by atoms with E-state index in [0.717, 1.165) is 26.2 Å². The molecule has 0 spiro atoms. The van der Waals surface area contributed by atoms with Crippen molar-refractivity contribution in [3.05, 3.63) is 0 Å². The van der Waals surface area contributed by atoms with Crippen LogP contribution in [-0.4, -0.2) is 62.0 Å². The number of likely N-dealkylation sites (N-methyl/N-ethyl adjacent to an activating group) is 1. The van der Waals surface area contributed by atoms with Crippen LogP contribution in [0.25, 0.3) is 0 Å². The van der Waals surface area contributed by atoms with Gasteiger partial charge in [0.2, 0.25) is 5.91 Å². The molecule has 5 heteroatoms. The van der Waals surface area contributed by atoms with Gasteiger partial charge in [-0.15, -0.1) is 12.4 Å². The van der Waals surface area contributed by atoms with Crippen LogP contribution >= 0.6 is 12.4 Å². The lowest BCUT2D eigenvalue weighted by atomic mass is 9.87. The Morgan fingerprint density at radius 3 is 2.25 bits per heavy atom. The lowest BCUT2D eigenvalue weighted by Crippen LogP contribution is -2.52. The van der Waals surface area contributed by atoms with E-state index in [4.69, 9.17) is 0 Å². The van der Waals surface area contributed by atoms with E-state index < -0.39 is 0 Å². The number of hydrogen-bond acceptors (Lipinski definition) is 3. The summed E-state index contributed by atoms with van der Waals surface area (Å²) in [4.78, 5) is 17.1. The van der Waals surface area contributed by atoms with Gasteiger partial charge in [0.05, 0.1) is 0 Å². The van der Waals surface area contributed by atoms with Crippen molar-refractivity contribution in [1.82, 2.24) is 15.1 Å². The average Bonchev–Trinajstić information content (AvgIpc) is 2.79. The van der Waals surface area contributed by atoms with Crippen LogP contribution < -0.4 is 5.32 Å². The molecule has 2 rings (SSSR count). The van der Waals surface area contributed by atoms with Gasteiger partial charge in [-0.25, -0.2) is 0 Å². The minimum atomic E-state index is 0. The number of rotatable bonds is 6. The molecule has 4 nitrogen and oxygen atoms in total. The first kappa shape index (κ1) is 17.7. The van der Waals surface area contributed by atoms with E-state index in [1.54, 1.807) is 0 Å². The first-order valence-corrected chi connectivity index (χ1v) is 7.75. The number of carbonyl (C=O) groups is 1. The number of amides is 1. The molecule has 0 aromatic rings. The fourth-order valence-corrected chi connectivity index (χ4v) is 3.12. The highest BCUT2D eigenvalue weighted by Gasteiger charge is 2.34. The normalized spacial score (nSPS) is 21.4. The van der Waals surface area contributed by atoms with Gasteiger partial charge >= 0.3 is 0 Å². The Balaban J connectivity index is 0.00000200. The van der Waals surface area contributed by atoms with Crippen molar-refractivity contribution in [1.29, 1.82) is 0 Å². The first-order chi connectivity index (χ1) is 9.09. The standard InChI is InChI=1S/C15H29N3O.ClH/c1-12(13-10-16-11-13)15(19)18(9-8-17(2)3)14-6-4-5-7-14;/h12-14,16H,4-11H2,1-3H3;1H. The molecule has 1 saturated heterocycles. The molecule has 118 valence electrons. The number of carbonyl (C=O) groups excluding carboxylic acids is 1. The van der Waals surface area contributed by atoms with E-state index in [2.05, 4.69) is 36.1 Å². The maximum absolute atomic E-state index is 12.8. The molecule has 1 unspecified atom stereocenters. The second-order valence-corrected chi connectivity index (χ2v) is 6.48. The average molecular weight is 304 g/mol. The summed E-state index contributed by atoms with van der Waals surface area (Å²) in [6.07, 6.45) is 4.98. The Morgan fingerprint density at radius 2 is 1.80 bits per heavy atom. The highest BCUT2D eigenvalue weighted by molar-refractivity contribution is 5.85. The quantitative estimate of drug-likeness (QED) is 0.809. The van der Waals surface area contributed by atoms with Crippen molar-refractivity contribution in [2.45, 2.75) is 38.6 Å². The SMILES string of the molecule is CC(C(=O)N(CCN(C)C)C1CCCC1)C1CNC1.Cl. The van der Waals surface area contributed by atoms with Crippen molar-refractivity contribution in [2.24, 2.45) is 11.8 Å². The topological polar surface area (TPSA) is 35.6 Å². The molecule has 1 amide bonds. The summed E-state index contributed by atoms with van der Waals surface area (Å²) in [5.41, 5.74) is 0. The third-order valence-corrected chi connectivity index (χ3v) is 4.75. The summed E-state index contributed by atoms with van der Waals surface area (Å²) < 4.78 is 0. The molecular formula is C15H30ClN3O. The van der Waals surface area contributed by atoms with Gasteiger partial charge in [0.15, 0.2) is 0 Å². The van der Waals surface area contributed by atoms with Crippen LogP contribution in [0.2, 0.25) is 0 Å². The Kier molecular flexibility index (Phi) is 7.27. The van der Waals surface area contributed by atoms with Crippen LogP contribution in [0.4, 0.5) is 0 Å². The van der Waals surface area contributed by atoms with Crippen LogP contribution in [-0.2, 0) is 4.79 Å². The van der Waals surface area contributed by atoms with Gasteiger partial charge in [-0.05, 0) is 45.9 Å². The van der Waals surface area contributed by atoms with Gasteiger partial charge < -0.3 is 15.1 Å². The van der Waals surface area contributed by atoms with Crippen LogP contribution in [0.15, 0.2) is 0 Å². The van der Waals surface area contributed by atoms with E-state index in [0.29, 0.717) is 17.9 Å². The zero-order valence-corrected chi connectivity index (χ0v) is 13.9. The van der Waals surface area contributed by atoms with E-state index in [1.807, 2.05) is 0 Å². The molecule has 2 aliphatic rings. The van der Waals surface area contributed by atoms with Gasteiger partial charge in [0.1, 0.15) is 0 Å². The molecule has 1 saturated carbocycles. The van der Waals surface area contributed by atoms with Crippen molar-refractivity contribution < 1.29 is 4.79 Å². The molecule has 1 aliphatic carbocycles. The Morgan fingerprint density at radius 1 is 1.20 bits per heavy atom. The maximum atomic E-state index is 12.8. The minimum absolute atomic E-state index is 0. The fourth-order valence-electron chi connectivity index (χ4n) is 3.12. The highest BCUT2D eigenvalue weighted by Crippen LogP contribution is 2.27. The van der Waals surface area contributed by atoms with Crippen LogP contribution in [0.5, 0.6) is 0 Å². The number of nitrogens with one attached hydrogen (secondary N) is 1. The van der Waals surface area contributed by atoms with E-state index in [-0.39, 0.29) is 18.3 Å². The Labute approximate surface area is 129 Å². The minimum Gasteiger partial charge on any atom is -0.338 e. The van der Waals surface area contributed by atoms with Crippen LogP contribution in [0.1, 0.15) is 32.6 Å². The van der Waals surface area contributed by atoms with Crippen molar-refractivity contribution >= 4 is 18.3 Å². The summed E-state index contributed by atoms with van der Waals surface area (Å²) in [6.45, 7) is 6.00. The predicted molar refractivity (Wildman–Crippen MR) is 85.3 cm³/mol. The monoisotopic (exact) mass is 303 g/mol. The third-order valence-electron chi connectivity index (χ3n) is 4.75. The zero-order chi connectivity index (χ0) is 13.8. The molecule has 1 N–H and O–H groups in total. The van der Waals surface area contributed by atoms with Gasteiger partial charge in [-0.3, -0.25) is 4.79 Å². The highest BCUT2D eigenvalue weighted by atomic mass is 35.5. The van der Waals surface area contributed by atoms with Crippen LogP contribution in [0, 0.1) is 11.8 Å².